The lowest BCUT2D eigenvalue weighted by Gasteiger charge is -2.13. The molecule has 7 heteroatoms. The van der Waals surface area contributed by atoms with E-state index < -0.39 is 0 Å². The van der Waals surface area contributed by atoms with Crippen LogP contribution in [0.5, 0.6) is 0 Å². The lowest BCUT2D eigenvalue weighted by Crippen LogP contribution is -2.07. The van der Waals surface area contributed by atoms with Gasteiger partial charge >= 0.3 is 0 Å². The van der Waals surface area contributed by atoms with Crippen molar-refractivity contribution in [3.63, 3.8) is 0 Å². The van der Waals surface area contributed by atoms with Crippen molar-refractivity contribution in [1.82, 2.24) is 9.97 Å². The van der Waals surface area contributed by atoms with E-state index >= 15 is 0 Å². The van der Waals surface area contributed by atoms with Crippen molar-refractivity contribution in [2.24, 2.45) is 0 Å². The average molecular weight is 402 g/mol. The zero-order chi connectivity index (χ0) is 19.4. The van der Waals surface area contributed by atoms with Crippen LogP contribution in [-0.2, 0) is 12.8 Å². The number of aryl methyl sites for hydroxylation is 2. The Morgan fingerprint density at radius 1 is 0.778 bits per heavy atom. The Hall–Kier alpha value is -2.50. The Bertz CT molecular complexity index is 942. The molecule has 0 radical (unpaired) electrons. The van der Waals surface area contributed by atoms with Gasteiger partial charge in [-0.1, -0.05) is 41.4 Å². The number of aromatic nitrogens is 2. The van der Waals surface area contributed by atoms with Crippen molar-refractivity contribution < 1.29 is 0 Å². The van der Waals surface area contributed by atoms with E-state index in [1.54, 1.807) is 12.1 Å². The first kappa shape index (κ1) is 19.3. The molecule has 0 aliphatic carbocycles. The minimum absolute atomic E-state index is 0.171. The molecule has 0 unspecified atom stereocenters. The molecule has 6 N–H and O–H groups in total. The van der Waals surface area contributed by atoms with Crippen LogP contribution in [0, 0.1) is 0 Å². The van der Waals surface area contributed by atoms with E-state index in [2.05, 4.69) is 22.1 Å². The Labute approximate surface area is 168 Å². The van der Waals surface area contributed by atoms with Crippen LogP contribution in [0.1, 0.15) is 24.1 Å². The first-order chi connectivity index (χ1) is 12.9. The van der Waals surface area contributed by atoms with Gasteiger partial charge in [-0.05, 0) is 61.1 Å². The number of unbranched alkanes of at least 4 members (excludes halogenated alkanes) is 1. The summed E-state index contributed by atoms with van der Waals surface area (Å²) in [5.74, 6) is 0.513. The van der Waals surface area contributed by atoms with Crippen LogP contribution in [0.25, 0.3) is 11.1 Å². The minimum Gasteiger partial charge on any atom is -0.399 e. The zero-order valence-corrected chi connectivity index (χ0v) is 16.3. The summed E-state index contributed by atoms with van der Waals surface area (Å²) >= 11 is 12.2. The van der Waals surface area contributed by atoms with Crippen molar-refractivity contribution in [2.45, 2.75) is 25.7 Å². The highest BCUT2D eigenvalue weighted by Gasteiger charge is 2.14. The van der Waals surface area contributed by atoms with E-state index in [0.29, 0.717) is 15.9 Å². The molecule has 0 fully saturated rings. The topological polar surface area (TPSA) is 104 Å². The molecule has 0 saturated heterocycles. The van der Waals surface area contributed by atoms with Gasteiger partial charge in [0.25, 0.3) is 0 Å². The van der Waals surface area contributed by atoms with Crippen LogP contribution in [0.2, 0.25) is 10.0 Å². The fourth-order valence-electron chi connectivity index (χ4n) is 3.00. The summed E-state index contributed by atoms with van der Waals surface area (Å²) in [6.45, 7) is 0. The van der Waals surface area contributed by atoms with Gasteiger partial charge in [0, 0.05) is 11.3 Å². The third-order valence-corrected chi connectivity index (χ3v) is 5.09. The number of nitrogens with two attached hydrogens (primary N) is 3. The number of hydrogen-bond donors (Lipinski definition) is 3. The smallest absolute Gasteiger partial charge is 0.222 e. The van der Waals surface area contributed by atoms with Gasteiger partial charge in [0.15, 0.2) is 0 Å². The Balaban J connectivity index is 1.76. The van der Waals surface area contributed by atoms with Gasteiger partial charge in [0.05, 0.1) is 15.7 Å². The molecule has 0 spiro atoms. The van der Waals surface area contributed by atoms with E-state index in [-0.39, 0.29) is 5.95 Å². The first-order valence-electron chi connectivity index (χ1n) is 8.65. The molecule has 0 bridgehead atoms. The predicted molar refractivity (Wildman–Crippen MR) is 114 cm³/mol. The van der Waals surface area contributed by atoms with Gasteiger partial charge in [-0.3, -0.25) is 0 Å². The van der Waals surface area contributed by atoms with Crippen LogP contribution < -0.4 is 17.2 Å². The number of nitrogens with zero attached hydrogens (tertiary/aromatic N) is 2. The van der Waals surface area contributed by atoms with Gasteiger partial charge in [-0.2, -0.15) is 4.98 Å². The van der Waals surface area contributed by atoms with E-state index in [0.717, 1.165) is 48.2 Å². The molecule has 0 atom stereocenters. The van der Waals surface area contributed by atoms with Crippen molar-refractivity contribution in [2.75, 3.05) is 17.2 Å². The van der Waals surface area contributed by atoms with Crippen LogP contribution in [0.4, 0.5) is 17.5 Å². The van der Waals surface area contributed by atoms with E-state index in [9.17, 15) is 0 Å². The van der Waals surface area contributed by atoms with Crippen molar-refractivity contribution in [3.8, 4) is 11.1 Å². The molecule has 0 aliphatic heterocycles. The second-order valence-corrected chi connectivity index (χ2v) is 7.18. The zero-order valence-electron chi connectivity index (χ0n) is 14.8. The highest BCUT2D eigenvalue weighted by atomic mass is 35.5. The summed E-state index contributed by atoms with van der Waals surface area (Å²) in [5, 5.41) is 0.945. The SMILES string of the molecule is Nc1ccc(CCCCc2nc(N)nc(N)c2-c2ccc(Cl)c(Cl)c2)cc1. The Kier molecular flexibility index (Phi) is 6.04. The lowest BCUT2D eigenvalue weighted by molar-refractivity contribution is 0.723. The highest BCUT2D eigenvalue weighted by molar-refractivity contribution is 6.42. The molecular weight excluding hydrogens is 381 g/mol. The van der Waals surface area contributed by atoms with E-state index in [1.165, 1.54) is 5.56 Å². The van der Waals surface area contributed by atoms with Crippen LogP contribution in [0.3, 0.4) is 0 Å². The molecule has 140 valence electrons. The van der Waals surface area contributed by atoms with Crippen molar-refractivity contribution >= 4 is 40.7 Å². The molecule has 0 amide bonds. The molecule has 5 nitrogen and oxygen atoms in total. The molecule has 3 rings (SSSR count). The van der Waals surface area contributed by atoms with Gasteiger partial charge < -0.3 is 17.2 Å². The summed E-state index contributed by atoms with van der Waals surface area (Å²) < 4.78 is 0. The predicted octanol–water partition coefficient (Wildman–Crippen LogP) is 4.76. The number of benzene rings is 2. The van der Waals surface area contributed by atoms with Gasteiger partial charge in [-0.15, -0.1) is 0 Å². The molecule has 27 heavy (non-hydrogen) atoms. The quantitative estimate of drug-likeness (QED) is 0.407. The van der Waals surface area contributed by atoms with Crippen molar-refractivity contribution in [3.05, 3.63) is 63.8 Å². The van der Waals surface area contributed by atoms with Crippen LogP contribution in [0.15, 0.2) is 42.5 Å². The standard InChI is InChI=1S/C20H21Cl2N5/c21-15-10-7-13(11-16(15)22)18-17(26-20(25)27-19(18)24)4-2-1-3-12-5-8-14(23)9-6-12/h5-11H,1-4,23H2,(H4,24,25,26,27). The highest BCUT2D eigenvalue weighted by Crippen LogP contribution is 2.33. The van der Waals surface area contributed by atoms with Gasteiger partial charge in [0.1, 0.15) is 5.82 Å². The number of rotatable bonds is 6. The average Bonchev–Trinajstić information content (AvgIpc) is 2.62. The van der Waals surface area contributed by atoms with Gasteiger partial charge in [0.2, 0.25) is 5.95 Å². The molecule has 3 aromatic rings. The maximum Gasteiger partial charge on any atom is 0.222 e. The second-order valence-electron chi connectivity index (χ2n) is 6.37. The summed E-state index contributed by atoms with van der Waals surface area (Å²) in [7, 11) is 0. The van der Waals surface area contributed by atoms with E-state index in [1.807, 2.05) is 18.2 Å². The fraction of sp³-hybridized carbons (Fsp3) is 0.200. The molecule has 2 aromatic carbocycles. The van der Waals surface area contributed by atoms with Crippen LogP contribution >= 0.6 is 23.2 Å². The van der Waals surface area contributed by atoms with Crippen LogP contribution in [-0.4, -0.2) is 9.97 Å². The maximum atomic E-state index is 6.16. The maximum absolute atomic E-state index is 6.16. The summed E-state index contributed by atoms with van der Waals surface area (Å²) in [6.07, 6.45) is 3.66. The first-order valence-corrected chi connectivity index (χ1v) is 9.41. The number of nitrogen functional groups attached to an aromatic ring is 3. The Morgan fingerprint density at radius 3 is 2.19 bits per heavy atom. The number of halogens is 2. The summed E-state index contributed by atoms with van der Waals surface area (Å²) in [4.78, 5) is 8.52. The normalized spacial score (nSPS) is 10.9. The summed E-state index contributed by atoms with van der Waals surface area (Å²) in [6, 6.07) is 13.3. The minimum atomic E-state index is 0.171. The Morgan fingerprint density at radius 2 is 1.48 bits per heavy atom. The molecule has 0 saturated carbocycles. The molecule has 1 heterocycles. The van der Waals surface area contributed by atoms with Gasteiger partial charge in [-0.25, -0.2) is 4.98 Å². The fourth-order valence-corrected chi connectivity index (χ4v) is 3.30. The number of hydrogen-bond acceptors (Lipinski definition) is 5. The largest absolute Gasteiger partial charge is 0.399 e. The molecule has 1 aromatic heterocycles. The number of anilines is 3. The lowest BCUT2D eigenvalue weighted by atomic mass is 9.99. The third kappa shape index (κ3) is 4.81. The second kappa shape index (κ2) is 8.46. The third-order valence-electron chi connectivity index (χ3n) is 4.35. The molecule has 0 aliphatic rings. The van der Waals surface area contributed by atoms with Crippen molar-refractivity contribution in [1.29, 1.82) is 0 Å². The monoisotopic (exact) mass is 401 g/mol. The summed E-state index contributed by atoms with van der Waals surface area (Å²) in [5.41, 5.74) is 22.1. The molecular formula is C20H21Cl2N5. The van der Waals surface area contributed by atoms with E-state index in [4.69, 9.17) is 40.4 Å².